The quantitative estimate of drug-likeness (QED) is 0.354. The van der Waals surface area contributed by atoms with Gasteiger partial charge in [-0.3, -0.25) is 4.74 Å². The Balaban J connectivity index is 2.11. The van der Waals surface area contributed by atoms with Gasteiger partial charge >= 0.3 is 0 Å². The lowest BCUT2D eigenvalue weighted by molar-refractivity contribution is 0.628. The van der Waals surface area contributed by atoms with Crippen LogP contribution in [0.2, 0.25) is 5.02 Å². The lowest BCUT2D eigenvalue weighted by atomic mass is 10.3. The van der Waals surface area contributed by atoms with E-state index in [1.807, 2.05) is 60.7 Å². The number of hydrogen-bond donors (Lipinski definition) is 0. The van der Waals surface area contributed by atoms with E-state index in [2.05, 4.69) is 24.3 Å². The molecule has 0 aliphatic rings. The molecular weight excluding hydrogens is 388 g/mol. The predicted molar refractivity (Wildman–Crippen MR) is 119 cm³/mol. The van der Waals surface area contributed by atoms with Crippen molar-refractivity contribution in [2.24, 2.45) is 4.74 Å². The van der Waals surface area contributed by atoms with E-state index in [0.717, 1.165) is 21.6 Å². The number of rotatable bonds is 4. The van der Waals surface area contributed by atoms with Crippen molar-refractivity contribution in [1.82, 2.24) is 0 Å². The molecule has 0 spiro atoms. The summed E-state index contributed by atoms with van der Waals surface area (Å²) in [5.41, 5.74) is 0.748. The van der Waals surface area contributed by atoms with Crippen LogP contribution in [-0.4, -0.2) is 0 Å². The van der Waals surface area contributed by atoms with Crippen LogP contribution in [0.1, 0.15) is 0 Å². The van der Waals surface area contributed by atoms with Gasteiger partial charge in [-0.1, -0.05) is 84.4 Å². The van der Waals surface area contributed by atoms with Crippen LogP contribution >= 0.6 is 18.7 Å². The molecule has 0 fully saturated rings. The van der Waals surface area contributed by atoms with Crippen LogP contribution in [-0.2, 0) is 0 Å². The molecule has 4 aromatic rings. The molecule has 0 aromatic heterocycles. The first-order valence-electron chi connectivity index (χ1n) is 8.94. The van der Waals surface area contributed by atoms with Gasteiger partial charge in [-0.25, -0.2) is 4.39 Å². The van der Waals surface area contributed by atoms with Gasteiger partial charge in [-0.15, -0.1) is 0 Å². The molecule has 4 aromatic carbocycles. The zero-order chi connectivity index (χ0) is 19.4. The maximum Gasteiger partial charge on any atom is 0.123 e. The molecule has 0 saturated heterocycles. The average molecular weight is 406 g/mol. The molecule has 0 N–H and O–H groups in total. The minimum atomic E-state index is -2.37. The lowest BCUT2D eigenvalue weighted by Crippen LogP contribution is -2.25. The Hall–Kier alpha value is -2.67. The molecule has 0 aliphatic carbocycles. The zero-order valence-electron chi connectivity index (χ0n) is 15.0. The highest BCUT2D eigenvalue weighted by Gasteiger charge is 2.27. The van der Waals surface area contributed by atoms with E-state index in [1.54, 1.807) is 12.1 Å². The predicted octanol–water partition coefficient (Wildman–Crippen LogP) is 6.29. The third-order valence-corrected chi connectivity index (χ3v) is 8.47. The maximum absolute atomic E-state index is 13.5. The number of halogens is 2. The van der Waals surface area contributed by atoms with Crippen molar-refractivity contribution in [3.63, 3.8) is 0 Å². The molecule has 0 amide bonds. The van der Waals surface area contributed by atoms with Crippen molar-refractivity contribution < 1.29 is 4.39 Å². The molecule has 0 atom stereocenters. The van der Waals surface area contributed by atoms with Gasteiger partial charge in [0, 0.05) is 20.9 Å². The SMILES string of the molecule is Fc1ccc(N=P(c2ccccc2)(c2ccccc2)c2ccc(Cl)cc2)cc1. The summed E-state index contributed by atoms with van der Waals surface area (Å²) in [5.74, 6) is -0.270. The van der Waals surface area contributed by atoms with Gasteiger partial charge in [0.1, 0.15) is 5.82 Å². The minimum Gasteiger partial charge on any atom is -0.254 e. The average Bonchev–Trinajstić information content (AvgIpc) is 2.75. The molecule has 0 radical (unpaired) electrons. The summed E-state index contributed by atoms with van der Waals surface area (Å²) in [6.45, 7) is 0. The molecule has 138 valence electrons. The van der Waals surface area contributed by atoms with Crippen molar-refractivity contribution in [3.8, 4) is 0 Å². The fourth-order valence-electron chi connectivity index (χ4n) is 3.25. The summed E-state index contributed by atoms with van der Waals surface area (Å²) >= 11 is 6.17. The Labute approximate surface area is 169 Å². The molecule has 0 unspecified atom stereocenters. The van der Waals surface area contributed by atoms with Crippen molar-refractivity contribution in [3.05, 3.63) is 120 Å². The third-order valence-electron chi connectivity index (χ3n) is 4.55. The van der Waals surface area contributed by atoms with E-state index >= 15 is 0 Å². The lowest BCUT2D eigenvalue weighted by Gasteiger charge is -2.27. The van der Waals surface area contributed by atoms with Gasteiger partial charge in [0.25, 0.3) is 0 Å². The van der Waals surface area contributed by atoms with E-state index in [9.17, 15) is 4.39 Å². The largest absolute Gasteiger partial charge is 0.254 e. The van der Waals surface area contributed by atoms with Gasteiger partial charge < -0.3 is 0 Å². The van der Waals surface area contributed by atoms with E-state index in [4.69, 9.17) is 16.3 Å². The smallest absolute Gasteiger partial charge is 0.123 e. The van der Waals surface area contributed by atoms with Crippen LogP contribution in [0.25, 0.3) is 0 Å². The topological polar surface area (TPSA) is 12.4 Å². The van der Waals surface area contributed by atoms with Crippen molar-refractivity contribution in [2.75, 3.05) is 0 Å². The summed E-state index contributed by atoms with van der Waals surface area (Å²) in [6.07, 6.45) is 0. The van der Waals surface area contributed by atoms with Crippen LogP contribution < -0.4 is 15.9 Å². The standard InChI is InChI=1S/C24H18ClFNP/c25-19-11-17-24(18-12-19)28(22-7-3-1-4-8-22,23-9-5-2-6-10-23)27-21-15-13-20(26)14-16-21/h1-18H. The summed E-state index contributed by atoms with van der Waals surface area (Å²) in [5, 5.41) is 4.05. The molecule has 28 heavy (non-hydrogen) atoms. The van der Waals surface area contributed by atoms with Gasteiger partial charge in [-0.05, 0) is 36.4 Å². The highest BCUT2D eigenvalue weighted by atomic mass is 35.5. The van der Waals surface area contributed by atoms with Crippen LogP contribution in [0.4, 0.5) is 10.1 Å². The van der Waals surface area contributed by atoms with Gasteiger partial charge in [-0.2, -0.15) is 0 Å². The Morgan fingerprint density at radius 1 is 0.571 bits per heavy atom. The molecule has 0 saturated carbocycles. The summed E-state index contributed by atoms with van der Waals surface area (Å²) in [6, 6.07) is 34.8. The highest BCUT2D eigenvalue weighted by Crippen LogP contribution is 2.49. The molecule has 0 bridgehead atoms. The van der Waals surface area contributed by atoms with Crippen LogP contribution in [0.15, 0.2) is 114 Å². The zero-order valence-corrected chi connectivity index (χ0v) is 16.7. The van der Waals surface area contributed by atoms with Crippen LogP contribution in [0, 0.1) is 5.82 Å². The Kier molecular flexibility index (Phi) is 5.43. The second-order valence-electron chi connectivity index (χ2n) is 6.36. The van der Waals surface area contributed by atoms with E-state index in [1.165, 1.54) is 12.1 Å². The van der Waals surface area contributed by atoms with Crippen molar-refractivity contribution >= 4 is 40.3 Å². The fraction of sp³-hybridized carbons (Fsp3) is 0. The summed E-state index contributed by atoms with van der Waals surface area (Å²) < 4.78 is 18.8. The fourth-order valence-corrected chi connectivity index (χ4v) is 6.88. The first-order chi connectivity index (χ1) is 13.7. The molecule has 4 heteroatoms. The highest BCUT2D eigenvalue weighted by molar-refractivity contribution is 7.87. The van der Waals surface area contributed by atoms with Crippen molar-refractivity contribution in [1.29, 1.82) is 0 Å². The van der Waals surface area contributed by atoms with E-state index < -0.39 is 7.05 Å². The van der Waals surface area contributed by atoms with Crippen LogP contribution in [0.3, 0.4) is 0 Å². The Morgan fingerprint density at radius 2 is 1.04 bits per heavy atom. The molecular formula is C24H18ClFNP. The Morgan fingerprint density at radius 3 is 1.54 bits per heavy atom. The third kappa shape index (κ3) is 3.67. The first kappa shape index (κ1) is 18.7. The van der Waals surface area contributed by atoms with E-state index in [-0.39, 0.29) is 5.82 Å². The monoisotopic (exact) mass is 405 g/mol. The van der Waals surface area contributed by atoms with Gasteiger partial charge in [0.2, 0.25) is 0 Å². The van der Waals surface area contributed by atoms with Crippen molar-refractivity contribution in [2.45, 2.75) is 0 Å². The van der Waals surface area contributed by atoms with Gasteiger partial charge in [0.05, 0.1) is 12.7 Å². The maximum atomic E-state index is 13.5. The number of hydrogen-bond acceptors (Lipinski definition) is 1. The summed E-state index contributed by atoms with van der Waals surface area (Å²) in [7, 11) is -2.37. The number of benzene rings is 4. The molecule has 0 heterocycles. The van der Waals surface area contributed by atoms with E-state index in [0.29, 0.717) is 5.02 Å². The normalized spacial score (nSPS) is 11.2. The molecule has 4 rings (SSSR count). The second kappa shape index (κ2) is 8.14. The molecule has 0 aliphatic heterocycles. The second-order valence-corrected chi connectivity index (χ2v) is 9.82. The summed E-state index contributed by atoms with van der Waals surface area (Å²) in [4.78, 5) is 0. The minimum absolute atomic E-state index is 0.270. The Bertz CT molecular complexity index is 1070. The molecule has 1 nitrogen and oxygen atoms in total. The number of nitrogens with zero attached hydrogens (tertiary/aromatic N) is 1. The first-order valence-corrected chi connectivity index (χ1v) is 11.1. The van der Waals surface area contributed by atoms with Gasteiger partial charge in [0.15, 0.2) is 0 Å². The van der Waals surface area contributed by atoms with Crippen LogP contribution in [0.5, 0.6) is 0 Å².